The summed E-state index contributed by atoms with van der Waals surface area (Å²) in [5.41, 5.74) is 0.493. The van der Waals surface area contributed by atoms with E-state index in [-0.39, 0.29) is 18.6 Å². The SMILES string of the molecule is CCOc1cc(C#N)ccc1OCC(=O)NC(CC)CC. The molecular formula is C16H22N2O3. The Kier molecular flexibility index (Phi) is 7.10. The molecule has 0 aliphatic carbocycles. The molecule has 0 aliphatic heterocycles. The van der Waals surface area contributed by atoms with Gasteiger partial charge in [-0.2, -0.15) is 5.26 Å². The summed E-state index contributed by atoms with van der Waals surface area (Å²) in [6.07, 6.45) is 1.78. The highest BCUT2D eigenvalue weighted by Crippen LogP contribution is 2.28. The van der Waals surface area contributed by atoms with Crippen molar-refractivity contribution in [3.8, 4) is 17.6 Å². The van der Waals surface area contributed by atoms with Crippen LogP contribution in [0.3, 0.4) is 0 Å². The van der Waals surface area contributed by atoms with Crippen molar-refractivity contribution < 1.29 is 14.3 Å². The number of hydrogen-bond acceptors (Lipinski definition) is 4. The van der Waals surface area contributed by atoms with Crippen molar-refractivity contribution in [1.82, 2.24) is 5.32 Å². The standard InChI is InChI=1S/C16H22N2O3/c1-4-13(5-2)18-16(19)11-21-14-8-7-12(10-17)9-15(14)20-6-3/h7-9,13H,4-6,11H2,1-3H3,(H,18,19). The molecule has 0 spiro atoms. The van der Waals surface area contributed by atoms with Crippen LogP contribution in [0.2, 0.25) is 0 Å². The average molecular weight is 290 g/mol. The van der Waals surface area contributed by atoms with Crippen molar-refractivity contribution >= 4 is 5.91 Å². The van der Waals surface area contributed by atoms with Gasteiger partial charge in [0.15, 0.2) is 18.1 Å². The first-order chi connectivity index (χ1) is 10.1. The minimum Gasteiger partial charge on any atom is -0.490 e. The van der Waals surface area contributed by atoms with Crippen LogP contribution in [0.4, 0.5) is 0 Å². The minimum atomic E-state index is -0.157. The lowest BCUT2D eigenvalue weighted by atomic mass is 10.2. The molecule has 0 unspecified atom stereocenters. The van der Waals surface area contributed by atoms with Crippen LogP contribution in [0.15, 0.2) is 18.2 Å². The van der Waals surface area contributed by atoms with Crippen LogP contribution < -0.4 is 14.8 Å². The predicted octanol–water partition coefficient (Wildman–Crippen LogP) is 2.64. The quantitative estimate of drug-likeness (QED) is 0.799. The zero-order valence-electron chi connectivity index (χ0n) is 12.8. The van der Waals surface area contributed by atoms with Crippen molar-refractivity contribution in [3.05, 3.63) is 23.8 Å². The van der Waals surface area contributed by atoms with Gasteiger partial charge >= 0.3 is 0 Å². The van der Waals surface area contributed by atoms with Gasteiger partial charge in [0.25, 0.3) is 5.91 Å². The van der Waals surface area contributed by atoms with Crippen LogP contribution in [0.25, 0.3) is 0 Å². The maximum atomic E-state index is 11.8. The van der Waals surface area contributed by atoms with Gasteiger partial charge < -0.3 is 14.8 Å². The molecule has 0 saturated carbocycles. The van der Waals surface area contributed by atoms with Crippen molar-refractivity contribution in [3.63, 3.8) is 0 Å². The number of nitrogens with zero attached hydrogens (tertiary/aromatic N) is 1. The molecule has 0 saturated heterocycles. The lowest BCUT2D eigenvalue weighted by Gasteiger charge is -2.16. The molecule has 1 N–H and O–H groups in total. The molecule has 0 radical (unpaired) electrons. The molecule has 1 aromatic rings. The predicted molar refractivity (Wildman–Crippen MR) is 80.3 cm³/mol. The van der Waals surface area contributed by atoms with Crippen molar-refractivity contribution in [1.29, 1.82) is 5.26 Å². The fourth-order valence-electron chi connectivity index (χ4n) is 1.87. The molecular weight excluding hydrogens is 268 g/mol. The largest absolute Gasteiger partial charge is 0.490 e. The minimum absolute atomic E-state index is 0.0670. The summed E-state index contributed by atoms with van der Waals surface area (Å²) in [7, 11) is 0. The molecule has 1 amide bonds. The summed E-state index contributed by atoms with van der Waals surface area (Å²) >= 11 is 0. The fourth-order valence-corrected chi connectivity index (χ4v) is 1.87. The second-order valence-electron chi connectivity index (χ2n) is 4.58. The van der Waals surface area contributed by atoms with Crippen molar-refractivity contribution in [2.75, 3.05) is 13.2 Å². The Morgan fingerprint density at radius 1 is 1.24 bits per heavy atom. The highest BCUT2D eigenvalue weighted by molar-refractivity contribution is 5.77. The molecule has 0 bridgehead atoms. The Balaban J connectivity index is 2.66. The highest BCUT2D eigenvalue weighted by Gasteiger charge is 2.11. The molecule has 1 aromatic carbocycles. The van der Waals surface area contributed by atoms with E-state index in [9.17, 15) is 4.79 Å². The molecule has 1 rings (SSSR count). The average Bonchev–Trinajstić information content (AvgIpc) is 2.51. The number of nitrogens with one attached hydrogen (secondary N) is 1. The number of carbonyl (C=O) groups excluding carboxylic acids is 1. The second kappa shape index (κ2) is 8.85. The van der Waals surface area contributed by atoms with Gasteiger partial charge in [-0.25, -0.2) is 0 Å². The van der Waals surface area contributed by atoms with E-state index in [1.54, 1.807) is 18.2 Å². The highest BCUT2D eigenvalue weighted by atomic mass is 16.5. The molecule has 0 heterocycles. The summed E-state index contributed by atoms with van der Waals surface area (Å²) in [4.78, 5) is 11.8. The van der Waals surface area contributed by atoms with Crippen molar-refractivity contribution in [2.24, 2.45) is 0 Å². The number of benzene rings is 1. The first-order valence-electron chi connectivity index (χ1n) is 7.23. The first-order valence-corrected chi connectivity index (χ1v) is 7.23. The summed E-state index contributed by atoms with van der Waals surface area (Å²) in [5, 5.41) is 11.8. The van der Waals surface area contributed by atoms with Gasteiger partial charge in [0.1, 0.15) is 0 Å². The van der Waals surface area contributed by atoms with Crippen LogP contribution in [-0.4, -0.2) is 25.2 Å². The normalized spacial score (nSPS) is 10.0. The molecule has 5 heteroatoms. The van der Waals surface area contributed by atoms with Gasteiger partial charge in [-0.15, -0.1) is 0 Å². The van der Waals surface area contributed by atoms with E-state index in [2.05, 4.69) is 5.32 Å². The van der Waals surface area contributed by atoms with E-state index in [1.807, 2.05) is 26.8 Å². The molecule has 5 nitrogen and oxygen atoms in total. The van der Waals surface area contributed by atoms with E-state index in [4.69, 9.17) is 14.7 Å². The Hall–Kier alpha value is -2.22. The van der Waals surface area contributed by atoms with Gasteiger partial charge in [0.2, 0.25) is 0 Å². The smallest absolute Gasteiger partial charge is 0.258 e. The molecule has 0 atom stereocenters. The molecule has 0 fully saturated rings. The summed E-state index contributed by atoms with van der Waals surface area (Å²) in [6, 6.07) is 7.11. The third-order valence-electron chi connectivity index (χ3n) is 3.08. The lowest BCUT2D eigenvalue weighted by molar-refractivity contribution is -0.123. The van der Waals surface area contributed by atoms with Gasteiger partial charge in [-0.3, -0.25) is 4.79 Å². The molecule has 114 valence electrons. The summed E-state index contributed by atoms with van der Waals surface area (Å²) < 4.78 is 10.9. The number of rotatable bonds is 8. The molecule has 0 aliphatic rings. The van der Waals surface area contributed by atoms with E-state index in [0.717, 1.165) is 12.8 Å². The Morgan fingerprint density at radius 2 is 1.95 bits per heavy atom. The molecule has 0 aromatic heterocycles. The van der Waals surface area contributed by atoms with Crippen LogP contribution in [-0.2, 0) is 4.79 Å². The lowest BCUT2D eigenvalue weighted by Crippen LogP contribution is -2.37. The van der Waals surface area contributed by atoms with Crippen LogP contribution in [0.5, 0.6) is 11.5 Å². The number of carbonyl (C=O) groups is 1. The Morgan fingerprint density at radius 3 is 2.52 bits per heavy atom. The summed E-state index contributed by atoms with van der Waals surface area (Å²) in [5.74, 6) is 0.790. The third-order valence-corrected chi connectivity index (χ3v) is 3.08. The van der Waals surface area contributed by atoms with Gasteiger partial charge in [-0.1, -0.05) is 13.8 Å². The Bertz CT molecular complexity index is 505. The van der Waals surface area contributed by atoms with E-state index in [1.165, 1.54) is 0 Å². The molecule has 21 heavy (non-hydrogen) atoms. The monoisotopic (exact) mass is 290 g/mol. The van der Waals surface area contributed by atoms with Crippen LogP contribution in [0, 0.1) is 11.3 Å². The first kappa shape index (κ1) is 16.8. The van der Waals surface area contributed by atoms with Crippen LogP contribution >= 0.6 is 0 Å². The third kappa shape index (κ3) is 5.35. The van der Waals surface area contributed by atoms with E-state index in [0.29, 0.717) is 23.7 Å². The second-order valence-corrected chi connectivity index (χ2v) is 4.58. The van der Waals surface area contributed by atoms with Crippen LogP contribution in [0.1, 0.15) is 39.2 Å². The maximum Gasteiger partial charge on any atom is 0.258 e. The summed E-state index contributed by atoms with van der Waals surface area (Å²) in [6.45, 7) is 6.31. The number of amides is 1. The number of ether oxygens (including phenoxy) is 2. The topological polar surface area (TPSA) is 71.3 Å². The number of hydrogen-bond donors (Lipinski definition) is 1. The van der Waals surface area contributed by atoms with Gasteiger partial charge in [-0.05, 0) is 31.9 Å². The zero-order chi connectivity index (χ0) is 15.7. The maximum absolute atomic E-state index is 11.8. The zero-order valence-corrected chi connectivity index (χ0v) is 12.8. The van der Waals surface area contributed by atoms with Gasteiger partial charge in [0.05, 0.1) is 18.2 Å². The van der Waals surface area contributed by atoms with Gasteiger partial charge in [0, 0.05) is 12.1 Å². The number of nitriles is 1. The van der Waals surface area contributed by atoms with E-state index < -0.39 is 0 Å². The Labute approximate surface area is 125 Å². The van der Waals surface area contributed by atoms with Crippen molar-refractivity contribution in [2.45, 2.75) is 39.7 Å². The van der Waals surface area contributed by atoms with E-state index >= 15 is 0 Å². The fraction of sp³-hybridized carbons (Fsp3) is 0.500.